The molecule has 1 aromatic rings. The zero-order chi connectivity index (χ0) is 10.7. The molecule has 1 aliphatic heterocycles. The van der Waals surface area contributed by atoms with Crippen LogP contribution in [0.25, 0.3) is 0 Å². The minimum atomic E-state index is 0.609. The van der Waals surface area contributed by atoms with Crippen LogP contribution < -0.4 is 5.73 Å². The average Bonchev–Trinajstić information content (AvgIpc) is 2.62. The molecule has 2 N–H and O–H groups in total. The summed E-state index contributed by atoms with van der Waals surface area (Å²) < 4.78 is 1.92. The Labute approximate surface area is 94.8 Å². The van der Waals surface area contributed by atoms with Crippen molar-refractivity contribution < 1.29 is 0 Å². The van der Waals surface area contributed by atoms with E-state index in [1.54, 1.807) is 0 Å². The number of nitrogens with zero attached hydrogens (tertiary/aromatic N) is 3. The van der Waals surface area contributed by atoms with Crippen LogP contribution in [0.2, 0.25) is 0 Å². The molecule has 1 fully saturated rings. The Bertz CT molecular complexity index is 312. The fourth-order valence-corrected chi connectivity index (χ4v) is 2.92. The second-order valence-corrected chi connectivity index (χ2v) is 5.53. The normalized spacial score (nSPS) is 23.1. The van der Waals surface area contributed by atoms with Crippen molar-refractivity contribution in [1.29, 1.82) is 0 Å². The predicted octanol–water partition coefficient (Wildman–Crippen LogP) is 0.903. The third kappa shape index (κ3) is 3.14. The Hall–Kier alpha value is -0.680. The van der Waals surface area contributed by atoms with Gasteiger partial charge >= 0.3 is 0 Å². The molecular weight excluding hydrogens is 208 g/mol. The Balaban J connectivity index is 1.77. The molecule has 2 heterocycles. The highest BCUT2D eigenvalue weighted by Gasteiger charge is 2.15. The molecule has 84 valence electrons. The van der Waals surface area contributed by atoms with Gasteiger partial charge in [0, 0.05) is 36.8 Å². The van der Waals surface area contributed by atoms with Crippen LogP contribution in [0.5, 0.6) is 0 Å². The van der Waals surface area contributed by atoms with E-state index >= 15 is 0 Å². The number of aromatic nitrogens is 2. The molecule has 1 aliphatic rings. The van der Waals surface area contributed by atoms with Crippen LogP contribution in [0.3, 0.4) is 0 Å². The molecule has 2 rings (SSSR count). The number of hydrogen-bond acceptors (Lipinski definition) is 4. The third-order valence-electron chi connectivity index (χ3n) is 2.63. The van der Waals surface area contributed by atoms with Gasteiger partial charge in [-0.05, 0) is 6.07 Å². The summed E-state index contributed by atoms with van der Waals surface area (Å²) in [4.78, 5) is 2.50. The molecule has 0 aliphatic carbocycles. The molecule has 0 bridgehead atoms. The zero-order valence-electron chi connectivity index (χ0n) is 9.09. The zero-order valence-corrected chi connectivity index (χ0v) is 9.91. The molecule has 1 saturated heterocycles. The van der Waals surface area contributed by atoms with Gasteiger partial charge in [-0.15, -0.1) is 0 Å². The topological polar surface area (TPSA) is 47.1 Å². The molecular formula is C10H18N4S. The van der Waals surface area contributed by atoms with Gasteiger partial charge in [-0.25, -0.2) is 0 Å². The van der Waals surface area contributed by atoms with E-state index in [0.29, 0.717) is 5.82 Å². The summed E-state index contributed by atoms with van der Waals surface area (Å²) in [5, 5.41) is 4.94. The summed E-state index contributed by atoms with van der Waals surface area (Å²) in [6.07, 6.45) is 1.94. The Morgan fingerprint density at radius 3 is 3.13 bits per heavy atom. The molecule has 0 aromatic carbocycles. The lowest BCUT2D eigenvalue weighted by atomic mass is 10.4. The van der Waals surface area contributed by atoms with Crippen LogP contribution in [0.4, 0.5) is 5.82 Å². The summed E-state index contributed by atoms with van der Waals surface area (Å²) in [7, 11) is 0. The minimum Gasteiger partial charge on any atom is -0.382 e. The van der Waals surface area contributed by atoms with Gasteiger partial charge < -0.3 is 5.73 Å². The van der Waals surface area contributed by atoms with Crippen LogP contribution in [0.1, 0.15) is 6.92 Å². The second-order valence-electron chi connectivity index (χ2n) is 3.99. The molecule has 1 aromatic heterocycles. The molecule has 0 spiro atoms. The lowest BCUT2D eigenvalue weighted by Crippen LogP contribution is -2.38. The lowest BCUT2D eigenvalue weighted by Gasteiger charge is -2.30. The van der Waals surface area contributed by atoms with E-state index < -0.39 is 0 Å². The van der Waals surface area contributed by atoms with Crippen molar-refractivity contribution in [2.75, 3.05) is 31.1 Å². The van der Waals surface area contributed by atoms with Crippen molar-refractivity contribution in [3.8, 4) is 0 Å². The Morgan fingerprint density at radius 2 is 2.47 bits per heavy atom. The van der Waals surface area contributed by atoms with Gasteiger partial charge in [-0.1, -0.05) is 6.92 Å². The van der Waals surface area contributed by atoms with E-state index in [2.05, 4.69) is 28.7 Å². The van der Waals surface area contributed by atoms with E-state index in [1.807, 2.05) is 16.9 Å². The van der Waals surface area contributed by atoms with Crippen LogP contribution >= 0.6 is 11.8 Å². The first-order valence-electron chi connectivity index (χ1n) is 5.37. The first-order chi connectivity index (χ1) is 7.24. The minimum absolute atomic E-state index is 0.609. The second kappa shape index (κ2) is 4.90. The van der Waals surface area contributed by atoms with Crippen molar-refractivity contribution in [3.05, 3.63) is 12.3 Å². The maximum absolute atomic E-state index is 5.56. The van der Waals surface area contributed by atoms with Gasteiger partial charge in [0.05, 0.1) is 6.54 Å². The van der Waals surface area contributed by atoms with Crippen molar-refractivity contribution in [2.24, 2.45) is 0 Å². The maximum atomic E-state index is 5.56. The fourth-order valence-electron chi connectivity index (χ4n) is 1.84. The van der Waals surface area contributed by atoms with Gasteiger partial charge in [-0.3, -0.25) is 9.58 Å². The highest BCUT2D eigenvalue weighted by atomic mass is 32.2. The number of thioether (sulfide) groups is 1. The standard InChI is InChI=1S/C10H18N4S/c1-9-8-13(6-7-15-9)4-5-14-3-2-10(11)12-14/h2-3,9H,4-8H2,1H3,(H2,11,12). The highest BCUT2D eigenvalue weighted by Crippen LogP contribution is 2.17. The number of nitrogens with two attached hydrogens (primary N) is 1. The smallest absolute Gasteiger partial charge is 0.145 e. The monoisotopic (exact) mass is 226 g/mol. The van der Waals surface area contributed by atoms with Crippen LogP contribution in [0, 0.1) is 0 Å². The van der Waals surface area contributed by atoms with Gasteiger partial charge in [0.2, 0.25) is 0 Å². The quantitative estimate of drug-likeness (QED) is 0.832. The molecule has 1 atom stereocenters. The number of rotatable bonds is 3. The van der Waals surface area contributed by atoms with Crippen molar-refractivity contribution in [3.63, 3.8) is 0 Å². The summed E-state index contributed by atoms with van der Waals surface area (Å²) in [5.41, 5.74) is 5.56. The summed E-state index contributed by atoms with van der Waals surface area (Å²) in [5.74, 6) is 1.86. The lowest BCUT2D eigenvalue weighted by molar-refractivity contribution is 0.270. The first kappa shape index (κ1) is 10.8. The summed E-state index contributed by atoms with van der Waals surface area (Å²) >= 11 is 2.06. The number of hydrogen-bond donors (Lipinski definition) is 1. The van der Waals surface area contributed by atoms with E-state index in [9.17, 15) is 0 Å². The Morgan fingerprint density at radius 1 is 1.60 bits per heavy atom. The van der Waals surface area contributed by atoms with Crippen LogP contribution in [0.15, 0.2) is 12.3 Å². The molecule has 1 unspecified atom stereocenters. The van der Waals surface area contributed by atoms with Gasteiger partial charge in [0.25, 0.3) is 0 Å². The number of nitrogen functional groups attached to an aromatic ring is 1. The van der Waals surface area contributed by atoms with E-state index in [0.717, 1.165) is 18.3 Å². The molecule has 4 nitrogen and oxygen atoms in total. The van der Waals surface area contributed by atoms with Gasteiger partial charge in [-0.2, -0.15) is 16.9 Å². The molecule has 5 heteroatoms. The predicted molar refractivity (Wildman–Crippen MR) is 65.0 cm³/mol. The van der Waals surface area contributed by atoms with Crippen molar-refractivity contribution in [1.82, 2.24) is 14.7 Å². The highest BCUT2D eigenvalue weighted by molar-refractivity contribution is 7.99. The van der Waals surface area contributed by atoms with E-state index in [-0.39, 0.29) is 0 Å². The van der Waals surface area contributed by atoms with Crippen molar-refractivity contribution in [2.45, 2.75) is 18.7 Å². The molecule has 15 heavy (non-hydrogen) atoms. The SMILES string of the molecule is CC1CN(CCn2ccc(N)n2)CCS1. The average molecular weight is 226 g/mol. The van der Waals surface area contributed by atoms with Crippen LogP contribution in [-0.2, 0) is 6.54 Å². The van der Waals surface area contributed by atoms with E-state index in [4.69, 9.17) is 5.73 Å². The number of anilines is 1. The first-order valence-corrected chi connectivity index (χ1v) is 6.42. The maximum Gasteiger partial charge on any atom is 0.145 e. The molecule has 0 radical (unpaired) electrons. The van der Waals surface area contributed by atoms with Crippen molar-refractivity contribution >= 4 is 17.6 Å². The summed E-state index contributed by atoms with van der Waals surface area (Å²) in [6.45, 7) is 6.70. The fraction of sp³-hybridized carbons (Fsp3) is 0.700. The third-order valence-corrected chi connectivity index (χ3v) is 3.77. The van der Waals surface area contributed by atoms with Gasteiger partial charge in [0.15, 0.2) is 0 Å². The summed E-state index contributed by atoms with van der Waals surface area (Å²) in [6, 6.07) is 1.84. The van der Waals surface area contributed by atoms with E-state index in [1.165, 1.54) is 18.8 Å². The largest absolute Gasteiger partial charge is 0.382 e. The Kier molecular flexibility index (Phi) is 3.53. The molecule has 0 amide bonds. The van der Waals surface area contributed by atoms with Gasteiger partial charge in [0.1, 0.15) is 5.82 Å². The van der Waals surface area contributed by atoms with Crippen LogP contribution in [-0.4, -0.2) is 45.3 Å². The molecule has 0 saturated carbocycles.